The van der Waals surface area contributed by atoms with Gasteiger partial charge in [0.25, 0.3) is 5.91 Å². The summed E-state index contributed by atoms with van der Waals surface area (Å²) in [6.07, 6.45) is -1.83. The van der Waals surface area contributed by atoms with Crippen LogP contribution in [0.4, 0.5) is 0 Å². The molecule has 0 saturated carbocycles. The summed E-state index contributed by atoms with van der Waals surface area (Å²) in [7, 11) is -2.36. The lowest BCUT2D eigenvalue weighted by molar-refractivity contribution is -0.183. The second-order valence-corrected chi connectivity index (χ2v) is 13.7. The SMILES string of the molecule is CCC(CS(=O)(=O)C(C)(C)C)N1C(=O)C(CC(=O)OC)OC(c2cccc(Cl)c2)C1c1ccc(Cl)cc1. The Morgan fingerprint density at radius 1 is 1.08 bits per heavy atom. The van der Waals surface area contributed by atoms with E-state index >= 15 is 0 Å². The average Bonchev–Trinajstić information content (AvgIpc) is 2.83. The number of halogens is 2. The maximum atomic E-state index is 14.0. The second-order valence-electron chi connectivity index (χ2n) is 10.1. The molecule has 1 aliphatic heterocycles. The van der Waals surface area contributed by atoms with Crippen molar-refractivity contribution in [3.63, 3.8) is 0 Å². The summed E-state index contributed by atoms with van der Waals surface area (Å²) in [6.45, 7) is 6.76. The summed E-state index contributed by atoms with van der Waals surface area (Å²) in [4.78, 5) is 27.7. The molecule has 0 aromatic heterocycles. The van der Waals surface area contributed by atoms with Crippen LogP contribution < -0.4 is 0 Å². The fourth-order valence-electron chi connectivity index (χ4n) is 4.37. The van der Waals surface area contributed by atoms with Crippen molar-refractivity contribution in [1.82, 2.24) is 4.90 Å². The zero-order chi connectivity index (χ0) is 27.5. The number of nitrogens with zero attached hydrogens (tertiary/aromatic N) is 1. The van der Waals surface area contributed by atoms with Crippen LogP contribution in [0.2, 0.25) is 10.0 Å². The monoisotopic (exact) mass is 569 g/mol. The van der Waals surface area contributed by atoms with Crippen molar-refractivity contribution in [2.24, 2.45) is 0 Å². The third-order valence-corrected chi connectivity index (χ3v) is 9.78. The first-order valence-corrected chi connectivity index (χ1v) is 14.5. The molecule has 1 aliphatic rings. The van der Waals surface area contributed by atoms with Crippen molar-refractivity contribution >= 4 is 44.9 Å². The van der Waals surface area contributed by atoms with Crippen LogP contribution in [-0.2, 0) is 28.9 Å². The molecule has 1 fully saturated rings. The number of carbonyl (C=O) groups excluding carboxylic acids is 2. The van der Waals surface area contributed by atoms with Crippen molar-refractivity contribution in [2.45, 2.75) is 69.6 Å². The Balaban J connectivity index is 2.21. The molecule has 3 rings (SSSR count). The van der Waals surface area contributed by atoms with E-state index in [2.05, 4.69) is 0 Å². The third-order valence-electron chi connectivity index (χ3n) is 6.61. The van der Waals surface area contributed by atoms with E-state index in [4.69, 9.17) is 32.7 Å². The van der Waals surface area contributed by atoms with Crippen LogP contribution in [0.5, 0.6) is 0 Å². The molecule has 10 heteroatoms. The van der Waals surface area contributed by atoms with E-state index in [1.54, 1.807) is 68.1 Å². The van der Waals surface area contributed by atoms with Gasteiger partial charge in [-0.2, -0.15) is 0 Å². The minimum Gasteiger partial charge on any atom is -0.469 e. The average molecular weight is 571 g/mol. The van der Waals surface area contributed by atoms with Gasteiger partial charge in [0.2, 0.25) is 0 Å². The number of carbonyl (C=O) groups is 2. The maximum Gasteiger partial charge on any atom is 0.308 e. The maximum absolute atomic E-state index is 14.0. The van der Waals surface area contributed by atoms with E-state index in [0.717, 1.165) is 0 Å². The highest BCUT2D eigenvalue weighted by molar-refractivity contribution is 7.92. The number of ether oxygens (including phenoxy) is 2. The first-order valence-electron chi connectivity index (χ1n) is 12.1. The number of hydrogen-bond acceptors (Lipinski definition) is 6. The van der Waals surface area contributed by atoms with E-state index in [-0.39, 0.29) is 12.2 Å². The number of benzene rings is 2. The van der Waals surface area contributed by atoms with Crippen LogP contribution in [0.15, 0.2) is 48.5 Å². The molecule has 7 nitrogen and oxygen atoms in total. The molecule has 37 heavy (non-hydrogen) atoms. The molecule has 1 amide bonds. The van der Waals surface area contributed by atoms with Crippen molar-refractivity contribution in [3.05, 3.63) is 69.7 Å². The predicted molar refractivity (Wildman–Crippen MR) is 144 cm³/mol. The van der Waals surface area contributed by atoms with Gasteiger partial charge in [-0.15, -0.1) is 0 Å². The highest BCUT2D eigenvalue weighted by atomic mass is 35.5. The minimum absolute atomic E-state index is 0.240. The molecule has 2 aromatic carbocycles. The largest absolute Gasteiger partial charge is 0.469 e. The van der Waals surface area contributed by atoms with Gasteiger partial charge in [0.15, 0.2) is 9.84 Å². The van der Waals surface area contributed by atoms with Gasteiger partial charge in [0.1, 0.15) is 12.2 Å². The van der Waals surface area contributed by atoms with E-state index in [1.807, 2.05) is 13.0 Å². The minimum atomic E-state index is -3.60. The molecule has 2 aromatic rings. The molecular weight excluding hydrogens is 537 g/mol. The van der Waals surface area contributed by atoms with Gasteiger partial charge in [0, 0.05) is 16.1 Å². The summed E-state index contributed by atoms with van der Waals surface area (Å²) < 4.78 is 36.7. The zero-order valence-corrected chi connectivity index (χ0v) is 23.9. The Morgan fingerprint density at radius 3 is 2.27 bits per heavy atom. The standard InChI is InChI=1S/C27H33Cl2NO6S/c1-6-21(16-37(33,34)27(2,3)4)30-24(17-10-12-19(28)13-11-17)25(18-8-7-9-20(29)14-18)36-22(26(30)32)15-23(31)35-5/h7-14,21-22,24-25H,6,15-16H2,1-5H3. The fraction of sp³-hybridized carbons (Fsp3) is 0.481. The van der Waals surface area contributed by atoms with Crippen molar-refractivity contribution < 1.29 is 27.5 Å². The summed E-state index contributed by atoms with van der Waals surface area (Å²) in [5.74, 6) is -1.32. The Labute approximate surface area is 228 Å². The Hall–Kier alpha value is -2.13. The van der Waals surface area contributed by atoms with E-state index in [9.17, 15) is 18.0 Å². The second kappa shape index (κ2) is 11.7. The van der Waals surface area contributed by atoms with Crippen LogP contribution in [0.3, 0.4) is 0 Å². The van der Waals surface area contributed by atoms with E-state index in [0.29, 0.717) is 27.6 Å². The van der Waals surface area contributed by atoms with Crippen molar-refractivity contribution in [1.29, 1.82) is 0 Å². The van der Waals surface area contributed by atoms with Crippen LogP contribution in [0.1, 0.15) is 63.8 Å². The number of morpholine rings is 1. The molecular formula is C27H33Cl2NO6S. The van der Waals surface area contributed by atoms with Crippen molar-refractivity contribution in [2.75, 3.05) is 12.9 Å². The highest BCUT2D eigenvalue weighted by Gasteiger charge is 2.48. The van der Waals surface area contributed by atoms with Gasteiger partial charge < -0.3 is 14.4 Å². The number of rotatable bonds is 8. The van der Waals surface area contributed by atoms with Crippen LogP contribution >= 0.6 is 23.2 Å². The summed E-state index contributed by atoms with van der Waals surface area (Å²) >= 11 is 12.5. The van der Waals surface area contributed by atoms with Crippen LogP contribution in [-0.4, -0.2) is 54.9 Å². The molecule has 1 heterocycles. The van der Waals surface area contributed by atoms with Gasteiger partial charge in [-0.3, -0.25) is 9.59 Å². The number of sulfone groups is 1. The first-order chi connectivity index (χ1) is 17.3. The lowest BCUT2D eigenvalue weighted by atomic mass is 9.89. The fourth-order valence-corrected chi connectivity index (χ4v) is 6.10. The quantitative estimate of drug-likeness (QED) is 0.386. The van der Waals surface area contributed by atoms with Gasteiger partial charge in [0.05, 0.1) is 30.1 Å². The molecule has 0 bridgehead atoms. The van der Waals surface area contributed by atoms with Gasteiger partial charge in [-0.05, 0) is 62.6 Å². The molecule has 0 spiro atoms. The number of methoxy groups -OCH3 is 1. The molecule has 1 saturated heterocycles. The molecule has 4 atom stereocenters. The number of esters is 1. The van der Waals surface area contributed by atoms with Crippen LogP contribution in [0.25, 0.3) is 0 Å². The summed E-state index contributed by atoms with van der Waals surface area (Å²) in [5, 5.41) is 0.995. The number of amides is 1. The lowest BCUT2D eigenvalue weighted by Crippen LogP contribution is -2.57. The van der Waals surface area contributed by atoms with E-state index in [1.165, 1.54) is 7.11 Å². The number of hydrogen-bond donors (Lipinski definition) is 0. The Morgan fingerprint density at radius 2 is 1.73 bits per heavy atom. The Kier molecular flexibility index (Phi) is 9.32. The highest BCUT2D eigenvalue weighted by Crippen LogP contribution is 2.45. The topological polar surface area (TPSA) is 90.0 Å². The van der Waals surface area contributed by atoms with Gasteiger partial charge in [-0.25, -0.2) is 8.42 Å². The molecule has 0 N–H and O–H groups in total. The normalized spacial score (nSPS) is 21.5. The lowest BCUT2D eigenvalue weighted by Gasteiger charge is -2.48. The van der Waals surface area contributed by atoms with E-state index < -0.39 is 50.8 Å². The van der Waals surface area contributed by atoms with Gasteiger partial charge in [-0.1, -0.05) is 54.4 Å². The molecule has 0 aliphatic carbocycles. The first kappa shape index (κ1) is 29.4. The van der Waals surface area contributed by atoms with Crippen molar-refractivity contribution in [3.8, 4) is 0 Å². The zero-order valence-electron chi connectivity index (χ0n) is 21.6. The third kappa shape index (κ3) is 6.66. The summed E-state index contributed by atoms with van der Waals surface area (Å²) in [6, 6.07) is 12.7. The van der Waals surface area contributed by atoms with Gasteiger partial charge >= 0.3 is 5.97 Å². The smallest absolute Gasteiger partial charge is 0.308 e. The predicted octanol–water partition coefficient (Wildman–Crippen LogP) is 5.56. The van der Waals surface area contributed by atoms with Crippen LogP contribution in [0, 0.1) is 0 Å². The summed E-state index contributed by atoms with van der Waals surface area (Å²) in [5.41, 5.74) is 1.40. The molecule has 202 valence electrons. The Bertz CT molecular complexity index is 1230. The molecule has 4 unspecified atom stereocenters. The molecule has 0 radical (unpaired) electrons.